The predicted molar refractivity (Wildman–Crippen MR) is 144 cm³/mol. The summed E-state index contributed by atoms with van der Waals surface area (Å²) < 4.78 is 32.8. The van der Waals surface area contributed by atoms with Crippen molar-refractivity contribution in [1.82, 2.24) is 24.3 Å². The molecule has 1 aliphatic heterocycles. The van der Waals surface area contributed by atoms with Gasteiger partial charge in [0.05, 0.1) is 0 Å². The van der Waals surface area contributed by atoms with E-state index in [0.29, 0.717) is 22.9 Å². The van der Waals surface area contributed by atoms with E-state index < -0.39 is 29.2 Å². The van der Waals surface area contributed by atoms with Crippen LogP contribution in [0.5, 0.6) is 0 Å². The molecule has 1 aliphatic rings. The van der Waals surface area contributed by atoms with Crippen LogP contribution in [-0.4, -0.2) is 59.2 Å². The number of nitrogens with zero attached hydrogens (tertiary/aromatic N) is 5. The molecule has 1 N–H and O–H groups in total. The number of rotatable bonds is 6. The monoisotopic (exact) mass is 574 g/mol. The second-order valence-corrected chi connectivity index (χ2v) is 23.7. The molecule has 1 saturated heterocycles. The third-order valence-electron chi connectivity index (χ3n) is 6.70. The predicted octanol–water partition coefficient (Wildman–Crippen LogP) is 3.20. The first-order chi connectivity index (χ1) is 16.6. The van der Waals surface area contributed by atoms with Crippen LogP contribution in [0.2, 0.25) is 17.3 Å². The summed E-state index contributed by atoms with van der Waals surface area (Å²) in [6.45, 7) is 8.87. The van der Waals surface area contributed by atoms with Crippen molar-refractivity contribution in [2.24, 2.45) is 13.0 Å². The summed E-state index contributed by atoms with van der Waals surface area (Å²) in [7, 11) is -2.44. The molecule has 11 heteroatoms. The van der Waals surface area contributed by atoms with Crippen LogP contribution in [-0.2, 0) is 17.1 Å². The Morgan fingerprint density at radius 3 is 2.39 bits per heavy atom. The third kappa shape index (κ3) is 5.11. The van der Waals surface area contributed by atoms with Crippen molar-refractivity contribution in [3.05, 3.63) is 47.9 Å². The molecule has 3 heterocycles. The van der Waals surface area contributed by atoms with Crippen molar-refractivity contribution in [2.75, 3.05) is 11.4 Å². The number of amides is 1. The Bertz CT molecular complexity index is 1420. The summed E-state index contributed by atoms with van der Waals surface area (Å²) in [5.74, 6) is 6.66. The van der Waals surface area contributed by atoms with Gasteiger partial charge < -0.3 is 0 Å². The second kappa shape index (κ2) is 9.06. The Morgan fingerprint density at radius 1 is 1.17 bits per heavy atom. The van der Waals surface area contributed by atoms with Crippen molar-refractivity contribution >= 4 is 39.4 Å². The van der Waals surface area contributed by atoms with Crippen LogP contribution in [0.3, 0.4) is 0 Å². The average molecular weight is 573 g/mol. The molecule has 4 rings (SSSR count). The molecule has 36 heavy (non-hydrogen) atoms. The molecule has 194 valence electrons. The number of nitrogens with one attached hydrogen (secondary N) is 1. The van der Waals surface area contributed by atoms with E-state index in [1.165, 1.54) is 10.9 Å². The number of hydrogen-bond acceptors (Lipinski definition) is 6. The number of aromatic nitrogens is 4. The molecule has 0 unspecified atom stereocenters. The summed E-state index contributed by atoms with van der Waals surface area (Å²) in [5.41, 5.74) is 1.99. The van der Waals surface area contributed by atoms with Crippen LogP contribution >= 0.6 is 0 Å². The Morgan fingerprint density at radius 2 is 1.86 bits per heavy atom. The van der Waals surface area contributed by atoms with Crippen LogP contribution < -0.4 is 14.1 Å². The third-order valence-corrected chi connectivity index (χ3v) is 11.9. The van der Waals surface area contributed by atoms with E-state index in [2.05, 4.69) is 58.8 Å². The van der Waals surface area contributed by atoms with Crippen LogP contribution in [0, 0.1) is 12.8 Å². The first-order valence-corrected chi connectivity index (χ1v) is 21.0. The summed E-state index contributed by atoms with van der Waals surface area (Å²) in [6, 6.07) is 7.54. The summed E-state index contributed by atoms with van der Waals surface area (Å²) in [4.78, 5) is 15.6. The fourth-order valence-corrected chi connectivity index (χ4v) is 8.28. The van der Waals surface area contributed by atoms with E-state index in [4.69, 9.17) is 5.10 Å². The molecule has 0 spiro atoms. The Labute approximate surface area is 216 Å². The average Bonchev–Trinajstić information content (AvgIpc) is 3.43. The van der Waals surface area contributed by atoms with Gasteiger partial charge in [-0.2, -0.15) is 5.10 Å². The zero-order valence-electron chi connectivity index (χ0n) is 22.3. The SMILES string of the molecule is Cc1nn(C)cc1S(=O)(=O)NC(=O)c1ccc(-n2cc[c]([Ge]([CH3])([CH3])[CH3])n2)cc1N1C[C@@H](C)CC1(C)C. The zero-order valence-corrected chi connectivity index (χ0v) is 25.2. The first-order valence-electron chi connectivity index (χ1n) is 12.1. The standard InChI is InChI=1S/C25H36GeN6O3S/c1-17-14-25(3,4)31(15-17)21-13-19(32-12-11-23(28-32)26(5,6)7)9-10-20(21)24(33)29-36(34,35)22-16-30(8)27-18(22)2/h9-13,16-17H,14-15H2,1-8H3,(H,29,33)/t17-/m0/s1. The van der Waals surface area contributed by atoms with Gasteiger partial charge in [-0.15, -0.1) is 0 Å². The van der Waals surface area contributed by atoms with E-state index in [-0.39, 0.29) is 10.4 Å². The van der Waals surface area contributed by atoms with Crippen LogP contribution in [0.15, 0.2) is 41.6 Å². The van der Waals surface area contributed by atoms with Gasteiger partial charge in [0.1, 0.15) is 0 Å². The minimum atomic E-state index is -4.09. The van der Waals surface area contributed by atoms with Gasteiger partial charge in [-0.25, -0.2) is 0 Å². The van der Waals surface area contributed by atoms with Crippen LogP contribution in [0.4, 0.5) is 5.69 Å². The van der Waals surface area contributed by atoms with Crippen molar-refractivity contribution in [3.8, 4) is 5.69 Å². The summed E-state index contributed by atoms with van der Waals surface area (Å²) >= 11 is -2.11. The van der Waals surface area contributed by atoms with Gasteiger partial charge in [0.2, 0.25) is 0 Å². The number of benzene rings is 1. The van der Waals surface area contributed by atoms with Crippen molar-refractivity contribution in [2.45, 2.75) is 61.8 Å². The Hall–Kier alpha value is -2.60. The van der Waals surface area contributed by atoms with E-state index in [9.17, 15) is 13.2 Å². The van der Waals surface area contributed by atoms with Crippen molar-refractivity contribution in [1.29, 1.82) is 0 Å². The number of hydrogen-bond donors (Lipinski definition) is 1. The molecule has 1 fully saturated rings. The first kappa shape index (κ1) is 26.5. The van der Waals surface area contributed by atoms with Gasteiger partial charge in [0.25, 0.3) is 0 Å². The number of anilines is 1. The molecule has 2 aromatic heterocycles. The second-order valence-electron chi connectivity index (χ2n) is 11.5. The molecule has 3 aromatic rings. The number of carbonyl (C=O) groups is 1. The van der Waals surface area contributed by atoms with Crippen molar-refractivity contribution < 1.29 is 13.2 Å². The quantitative estimate of drug-likeness (QED) is 0.455. The summed E-state index contributed by atoms with van der Waals surface area (Å²) in [5, 5.41) is 8.93. The number of aryl methyl sites for hydroxylation is 2. The van der Waals surface area contributed by atoms with Gasteiger partial charge in [-0.3, -0.25) is 4.68 Å². The maximum atomic E-state index is 13.4. The van der Waals surface area contributed by atoms with Crippen LogP contribution in [0.1, 0.15) is 43.2 Å². The molecule has 0 bridgehead atoms. The molecule has 1 atom stereocenters. The fourth-order valence-electron chi connectivity index (χ4n) is 5.03. The number of carbonyl (C=O) groups excluding carboxylic acids is 1. The molecule has 1 aromatic carbocycles. The van der Waals surface area contributed by atoms with Gasteiger partial charge in [0, 0.05) is 7.05 Å². The zero-order chi connectivity index (χ0) is 26.6. The topological polar surface area (TPSA) is 102 Å². The molecule has 0 radical (unpaired) electrons. The van der Waals surface area contributed by atoms with Crippen LogP contribution in [0.25, 0.3) is 5.69 Å². The van der Waals surface area contributed by atoms with Gasteiger partial charge in [-0.05, 0) is 6.92 Å². The summed E-state index contributed by atoms with van der Waals surface area (Å²) in [6.07, 6.45) is 4.32. The minimum absolute atomic E-state index is 0.0106. The molecule has 0 saturated carbocycles. The molecule has 9 nitrogen and oxygen atoms in total. The number of sulfonamides is 1. The fraction of sp³-hybridized carbons (Fsp3) is 0.480. The maximum absolute atomic E-state index is 13.4. The Kier molecular flexibility index (Phi) is 6.66. The van der Waals surface area contributed by atoms with Gasteiger partial charge in [0.15, 0.2) is 0 Å². The molecule has 1 amide bonds. The molecular weight excluding hydrogens is 537 g/mol. The molecule has 0 aliphatic carbocycles. The van der Waals surface area contributed by atoms with E-state index >= 15 is 0 Å². The van der Waals surface area contributed by atoms with E-state index in [1.54, 1.807) is 20.0 Å². The Balaban J connectivity index is 1.77. The molecular formula is C25H36GeN6O3S. The van der Waals surface area contributed by atoms with E-state index in [0.717, 1.165) is 23.2 Å². The van der Waals surface area contributed by atoms with Gasteiger partial charge in [-0.1, -0.05) is 0 Å². The van der Waals surface area contributed by atoms with E-state index in [1.807, 2.05) is 23.0 Å². The van der Waals surface area contributed by atoms with Crippen molar-refractivity contribution in [3.63, 3.8) is 0 Å². The van der Waals surface area contributed by atoms with Gasteiger partial charge >= 0.3 is 193 Å². The normalized spacial score (nSPS) is 18.0.